The second-order valence-corrected chi connectivity index (χ2v) is 1.60. The monoisotopic (exact) mass is 125 g/mol. The second kappa shape index (κ2) is 1.22. The maximum absolute atomic E-state index is 10.4. The molecule has 6 nitrogen and oxygen atoms in total. The van der Waals surface area contributed by atoms with Crippen LogP contribution < -0.4 is 5.69 Å². The van der Waals surface area contributed by atoms with E-state index in [9.17, 15) is 4.79 Å². The van der Waals surface area contributed by atoms with Crippen molar-refractivity contribution < 1.29 is 0 Å². The van der Waals surface area contributed by atoms with Crippen LogP contribution in [0.1, 0.15) is 0 Å². The summed E-state index contributed by atoms with van der Waals surface area (Å²) in [5.74, 6) is 0. The zero-order valence-electron chi connectivity index (χ0n) is 4.30. The molecule has 3 N–H and O–H groups in total. The summed E-state index contributed by atoms with van der Waals surface area (Å²) >= 11 is 0. The lowest BCUT2D eigenvalue weighted by Crippen LogP contribution is -2.00. The van der Waals surface area contributed by atoms with Gasteiger partial charge in [0.2, 0.25) is 11.3 Å². The molecule has 2 heterocycles. The van der Waals surface area contributed by atoms with Crippen LogP contribution in [0.2, 0.25) is 0 Å². The summed E-state index contributed by atoms with van der Waals surface area (Å²) < 4.78 is 0. The van der Waals surface area contributed by atoms with Crippen LogP contribution in [0, 0.1) is 0 Å². The third kappa shape index (κ3) is 0.463. The molecule has 2 rings (SSSR count). The molecule has 2 aromatic heterocycles. The largest absolute Gasteiger partial charge is 0.326 e. The summed E-state index contributed by atoms with van der Waals surface area (Å²) in [4.78, 5) is 15.3. The molecule has 0 aromatic carbocycles. The summed E-state index contributed by atoms with van der Waals surface area (Å²) in [6.45, 7) is 0. The molecule has 0 aliphatic heterocycles. The van der Waals surface area contributed by atoms with Crippen LogP contribution in [0.3, 0.4) is 0 Å². The van der Waals surface area contributed by atoms with E-state index in [1.54, 1.807) is 0 Å². The molecule has 46 valence electrons. The number of aromatic amines is 3. The normalized spacial score (nSPS) is 10.7. The van der Waals surface area contributed by atoms with Crippen LogP contribution in [-0.4, -0.2) is 25.4 Å². The van der Waals surface area contributed by atoms with Crippen LogP contribution >= 0.6 is 0 Å². The van der Waals surface area contributed by atoms with Gasteiger partial charge in [0, 0.05) is 0 Å². The van der Waals surface area contributed by atoms with Gasteiger partial charge in [0.15, 0.2) is 0 Å². The first-order valence-electron chi connectivity index (χ1n) is 2.35. The Bertz CT molecular complexity index is 335. The van der Waals surface area contributed by atoms with E-state index in [0.717, 1.165) is 0 Å². The number of hydrogen-bond donors (Lipinski definition) is 3. The Morgan fingerprint density at radius 1 is 1.11 bits per heavy atom. The highest BCUT2D eigenvalue weighted by Crippen LogP contribution is 1.92. The van der Waals surface area contributed by atoms with Gasteiger partial charge in [0.1, 0.15) is 0 Å². The first-order valence-corrected chi connectivity index (χ1v) is 2.35. The van der Waals surface area contributed by atoms with Gasteiger partial charge >= 0.3 is 5.69 Å². The number of aromatic nitrogens is 5. The highest BCUT2D eigenvalue weighted by molar-refractivity contribution is 5.62. The van der Waals surface area contributed by atoms with Crippen molar-refractivity contribution in [1.82, 2.24) is 25.4 Å². The van der Waals surface area contributed by atoms with E-state index < -0.39 is 0 Å². The van der Waals surface area contributed by atoms with Crippen LogP contribution in [0.15, 0.2) is 4.79 Å². The van der Waals surface area contributed by atoms with Gasteiger partial charge in [-0.15, -0.1) is 10.2 Å². The Morgan fingerprint density at radius 2 is 1.67 bits per heavy atom. The molecular weight excluding hydrogens is 122 g/mol. The van der Waals surface area contributed by atoms with Crippen molar-refractivity contribution in [2.75, 3.05) is 0 Å². The van der Waals surface area contributed by atoms with Crippen molar-refractivity contribution in [3.63, 3.8) is 0 Å². The average molecular weight is 125 g/mol. The third-order valence-electron chi connectivity index (χ3n) is 1.01. The predicted molar refractivity (Wildman–Crippen MR) is 28.9 cm³/mol. The smallest absolute Gasteiger partial charge is 0.287 e. The summed E-state index contributed by atoms with van der Waals surface area (Å²) in [6.07, 6.45) is 0. The second-order valence-electron chi connectivity index (χ2n) is 1.60. The fraction of sp³-hybridized carbons (Fsp3) is 0. The van der Waals surface area contributed by atoms with E-state index in [1.165, 1.54) is 0 Å². The van der Waals surface area contributed by atoms with Gasteiger partial charge in [-0.2, -0.15) is 5.21 Å². The molecule has 0 atom stereocenters. The molecule has 0 saturated carbocycles. The van der Waals surface area contributed by atoms with Crippen LogP contribution in [0.4, 0.5) is 0 Å². The molecule has 0 radical (unpaired) electrons. The van der Waals surface area contributed by atoms with E-state index in [-0.39, 0.29) is 5.69 Å². The fourth-order valence-electron chi connectivity index (χ4n) is 0.652. The van der Waals surface area contributed by atoms with Gasteiger partial charge in [0.05, 0.1) is 0 Å². The third-order valence-corrected chi connectivity index (χ3v) is 1.01. The van der Waals surface area contributed by atoms with Gasteiger partial charge in [-0.05, 0) is 0 Å². The SMILES string of the molecule is O=c1[nH]c2n[nH]nc2[nH]1. The van der Waals surface area contributed by atoms with Gasteiger partial charge < -0.3 is 0 Å². The van der Waals surface area contributed by atoms with E-state index in [4.69, 9.17) is 0 Å². The lowest BCUT2D eigenvalue weighted by molar-refractivity contribution is 0.936. The summed E-state index contributed by atoms with van der Waals surface area (Å²) in [5.41, 5.74) is 0.633. The summed E-state index contributed by atoms with van der Waals surface area (Å²) in [7, 11) is 0. The van der Waals surface area contributed by atoms with Crippen LogP contribution in [0.5, 0.6) is 0 Å². The highest BCUT2D eigenvalue weighted by atomic mass is 16.1. The Kier molecular flexibility index (Phi) is 0.583. The molecule has 0 aliphatic rings. The van der Waals surface area contributed by atoms with Crippen molar-refractivity contribution >= 4 is 11.3 Å². The molecule has 0 saturated heterocycles. The Hall–Kier alpha value is -1.59. The van der Waals surface area contributed by atoms with Gasteiger partial charge in [-0.3, -0.25) is 9.97 Å². The number of nitrogens with one attached hydrogen (secondary N) is 3. The Labute approximate surface area is 48.3 Å². The summed E-state index contributed by atoms with van der Waals surface area (Å²) in [6, 6.07) is 0. The van der Waals surface area contributed by atoms with Crippen molar-refractivity contribution in [2.24, 2.45) is 0 Å². The first-order chi connectivity index (χ1) is 4.36. The molecule has 0 unspecified atom stereocenters. The van der Waals surface area contributed by atoms with Crippen molar-refractivity contribution in [1.29, 1.82) is 0 Å². The molecule has 6 heteroatoms. The summed E-state index contributed by atoms with van der Waals surface area (Å²) in [5, 5.41) is 9.58. The Balaban J connectivity index is 3.08. The van der Waals surface area contributed by atoms with Crippen molar-refractivity contribution in [3.8, 4) is 0 Å². The first kappa shape index (κ1) is 4.30. The minimum atomic E-state index is -0.283. The van der Waals surface area contributed by atoms with E-state index in [2.05, 4.69) is 25.4 Å². The molecule has 0 amide bonds. The minimum absolute atomic E-state index is 0.283. The van der Waals surface area contributed by atoms with E-state index >= 15 is 0 Å². The number of H-pyrrole nitrogens is 3. The maximum atomic E-state index is 10.4. The standard InChI is InChI=1S/C3H3N5O/c9-3-4-1-2(5-3)7-8-6-1/h(H3,4,5,6,7,8,9). The molecule has 0 fully saturated rings. The van der Waals surface area contributed by atoms with Crippen molar-refractivity contribution in [2.45, 2.75) is 0 Å². The van der Waals surface area contributed by atoms with Crippen molar-refractivity contribution in [3.05, 3.63) is 10.5 Å². The zero-order valence-corrected chi connectivity index (χ0v) is 4.30. The number of nitrogens with zero attached hydrogens (tertiary/aromatic N) is 2. The molecule has 9 heavy (non-hydrogen) atoms. The molecule has 0 bridgehead atoms. The molecule has 0 aliphatic carbocycles. The van der Waals surface area contributed by atoms with Crippen LogP contribution in [-0.2, 0) is 0 Å². The van der Waals surface area contributed by atoms with E-state index in [0.29, 0.717) is 11.3 Å². The molecule has 0 spiro atoms. The van der Waals surface area contributed by atoms with Crippen LogP contribution in [0.25, 0.3) is 11.3 Å². The predicted octanol–water partition coefficient (Wildman–Crippen LogP) is -1.03. The lowest BCUT2D eigenvalue weighted by Gasteiger charge is -1.61. The number of hydrogen-bond acceptors (Lipinski definition) is 3. The minimum Gasteiger partial charge on any atom is -0.287 e. The van der Waals surface area contributed by atoms with E-state index in [1.807, 2.05) is 0 Å². The zero-order chi connectivity index (χ0) is 6.27. The van der Waals surface area contributed by atoms with Gasteiger partial charge in [-0.1, -0.05) is 0 Å². The molecule has 2 aromatic rings. The maximum Gasteiger partial charge on any atom is 0.326 e. The average Bonchev–Trinajstić information content (AvgIpc) is 2.22. The van der Waals surface area contributed by atoms with Gasteiger partial charge in [-0.25, -0.2) is 4.79 Å². The highest BCUT2D eigenvalue weighted by Gasteiger charge is 1.97. The van der Waals surface area contributed by atoms with Gasteiger partial charge in [0.25, 0.3) is 0 Å². The topological polar surface area (TPSA) is 90.2 Å². The fourth-order valence-corrected chi connectivity index (χ4v) is 0.652. The Morgan fingerprint density at radius 3 is 2.22 bits per heavy atom. The lowest BCUT2D eigenvalue weighted by atomic mass is 10.8. The molecular formula is C3H3N5O. The number of imidazole rings is 1. The quantitative estimate of drug-likeness (QED) is 0.420. The number of fused-ring (bicyclic) bond motifs is 1. The number of rotatable bonds is 0.